The lowest BCUT2D eigenvalue weighted by Crippen LogP contribution is -2.35. The number of anilines is 1. The van der Waals surface area contributed by atoms with Gasteiger partial charge in [-0.15, -0.1) is 0 Å². The molecule has 298 valence electrons. The van der Waals surface area contributed by atoms with Crippen molar-refractivity contribution < 1.29 is 44.7 Å². The molecule has 2 fully saturated rings. The molecule has 11 nitrogen and oxygen atoms in total. The number of rotatable bonds is 11. The Kier molecular flexibility index (Phi) is 9.36. The van der Waals surface area contributed by atoms with Crippen molar-refractivity contribution in [3.8, 4) is 23.0 Å². The molecule has 1 amide bonds. The Morgan fingerprint density at radius 3 is 2.42 bits per heavy atom. The number of aliphatic hydroxyl groups excluding tert-OH is 1. The number of aliphatic hydroxyl groups is 1. The molecule has 3 aromatic heterocycles. The standard InChI is InChI=1S/C38H32ClF6N7O4S/c1-51-33-23(5-6-26(39)30(33)36(49-51)50-57(2,55)56)22-4-3-21(7-8-37(17-53)9-10-37)46-31(22)27(13-18-11-19(40)14-20(41)12-18)47-28(54)16-52-34-29(32(48-52)35(42)43)24-15-25(24)38(34,44)45/h3-6,11-12,14,24-25,27,35,53H,9-10,13,15-17H2,1-2H3,(H,47,54)(H,49,50)/t24-,25+,27-/m0/s1. The second-order valence-electron chi connectivity index (χ2n) is 14.8. The van der Waals surface area contributed by atoms with Crippen LogP contribution < -0.4 is 10.0 Å². The van der Waals surface area contributed by atoms with E-state index in [0.29, 0.717) is 40.2 Å². The predicted octanol–water partition coefficient (Wildman–Crippen LogP) is 6.51. The Hall–Kier alpha value is -5.12. The van der Waals surface area contributed by atoms with E-state index >= 15 is 8.78 Å². The summed E-state index contributed by atoms with van der Waals surface area (Å²) in [5, 5.41) is 21.0. The first-order valence-corrected chi connectivity index (χ1v) is 19.9. The molecular formula is C38H32ClF6N7O4S. The van der Waals surface area contributed by atoms with Crippen LogP contribution in [0.4, 0.5) is 32.2 Å². The Labute approximate surface area is 326 Å². The predicted molar refractivity (Wildman–Crippen MR) is 196 cm³/mol. The van der Waals surface area contributed by atoms with Crippen LogP contribution in [0.2, 0.25) is 5.02 Å². The van der Waals surface area contributed by atoms with Gasteiger partial charge in [0.25, 0.3) is 12.3 Å². The molecule has 57 heavy (non-hydrogen) atoms. The highest BCUT2D eigenvalue weighted by atomic mass is 35.5. The molecule has 3 aliphatic rings. The van der Waals surface area contributed by atoms with Crippen LogP contribution in [0.25, 0.3) is 22.0 Å². The van der Waals surface area contributed by atoms with Crippen molar-refractivity contribution >= 4 is 44.3 Å². The zero-order valence-corrected chi connectivity index (χ0v) is 31.6. The van der Waals surface area contributed by atoms with Gasteiger partial charge in [0.05, 0.1) is 45.9 Å². The third-order valence-corrected chi connectivity index (χ3v) is 11.4. The number of hydrogen-bond donors (Lipinski definition) is 3. The summed E-state index contributed by atoms with van der Waals surface area (Å²) in [5.74, 6) is -2.35. The number of pyridine rings is 1. The topological polar surface area (TPSA) is 144 Å². The third-order valence-electron chi connectivity index (χ3n) is 10.5. The van der Waals surface area contributed by atoms with E-state index in [-0.39, 0.29) is 58.2 Å². The number of halogens is 7. The Balaban J connectivity index is 1.27. The van der Waals surface area contributed by atoms with Crippen LogP contribution in [0.5, 0.6) is 0 Å². The van der Waals surface area contributed by atoms with Gasteiger partial charge in [-0.2, -0.15) is 19.0 Å². The molecule has 0 saturated heterocycles. The first-order chi connectivity index (χ1) is 26.9. The molecule has 0 unspecified atom stereocenters. The number of aryl methyl sites for hydroxylation is 1. The molecule has 0 aliphatic heterocycles. The molecule has 3 heterocycles. The Bertz CT molecular complexity index is 2650. The van der Waals surface area contributed by atoms with Crippen LogP contribution in [-0.2, 0) is 40.8 Å². The van der Waals surface area contributed by atoms with Crippen molar-refractivity contribution in [1.29, 1.82) is 0 Å². The molecule has 0 bridgehead atoms. The van der Waals surface area contributed by atoms with Gasteiger partial charge in [0.15, 0.2) is 5.82 Å². The summed E-state index contributed by atoms with van der Waals surface area (Å²) in [4.78, 5) is 18.7. The Morgan fingerprint density at radius 2 is 1.77 bits per heavy atom. The molecule has 0 spiro atoms. The number of nitrogens with zero attached hydrogens (tertiary/aromatic N) is 5. The number of hydrogen-bond acceptors (Lipinski definition) is 7. The van der Waals surface area contributed by atoms with Crippen LogP contribution >= 0.6 is 11.6 Å². The highest BCUT2D eigenvalue weighted by molar-refractivity contribution is 7.92. The summed E-state index contributed by atoms with van der Waals surface area (Å²) in [6, 6.07) is 7.71. The maximum Gasteiger partial charge on any atom is 0.293 e. The number of aromatic nitrogens is 5. The quantitative estimate of drug-likeness (QED) is 0.102. The molecule has 2 saturated carbocycles. The van der Waals surface area contributed by atoms with Crippen molar-refractivity contribution in [3.63, 3.8) is 0 Å². The smallest absolute Gasteiger partial charge is 0.293 e. The number of sulfonamides is 1. The molecule has 8 rings (SSSR count). The molecule has 0 radical (unpaired) electrons. The van der Waals surface area contributed by atoms with E-state index in [0.717, 1.165) is 18.4 Å². The maximum atomic E-state index is 15.4. The number of carbonyl (C=O) groups is 1. The van der Waals surface area contributed by atoms with Gasteiger partial charge in [0.2, 0.25) is 15.9 Å². The molecule has 19 heteroatoms. The van der Waals surface area contributed by atoms with E-state index in [4.69, 9.17) is 16.6 Å². The van der Waals surface area contributed by atoms with E-state index in [1.807, 2.05) is 0 Å². The minimum Gasteiger partial charge on any atom is -0.395 e. The molecule has 2 aromatic carbocycles. The van der Waals surface area contributed by atoms with Gasteiger partial charge in [-0.05, 0) is 73.4 Å². The average molecular weight is 832 g/mol. The van der Waals surface area contributed by atoms with Gasteiger partial charge >= 0.3 is 0 Å². The average Bonchev–Trinajstić information content (AvgIpc) is 4.01. The first kappa shape index (κ1) is 38.7. The lowest BCUT2D eigenvalue weighted by atomic mass is 9.93. The number of fused-ring (bicyclic) bond motifs is 4. The number of alkyl halides is 4. The van der Waals surface area contributed by atoms with Crippen LogP contribution in [-0.4, -0.2) is 56.8 Å². The van der Waals surface area contributed by atoms with E-state index in [1.54, 1.807) is 18.2 Å². The first-order valence-electron chi connectivity index (χ1n) is 17.7. The number of nitrogens with one attached hydrogen (secondary N) is 2. The van der Waals surface area contributed by atoms with Crippen molar-refractivity contribution in [1.82, 2.24) is 29.9 Å². The summed E-state index contributed by atoms with van der Waals surface area (Å²) >= 11 is 6.59. The fraction of sp³-hybridized carbons (Fsp3) is 0.368. The summed E-state index contributed by atoms with van der Waals surface area (Å²) in [6.07, 6.45) is -1.21. The Morgan fingerprint density at radius 1 is 1.07 bits per heavy atom. The number of benzene rings is 2. The highest BCUT2D eigenvalue weighted by Crippen LogP contribution is 2.68. The monoisotopic (exact) mass is 831 g/mol. The number of carbonyl (C=O) groups excluding carboxylic acids is 1. The second-order valence-corrected chi connectivity index (χ2v) is 16.9. The highest BCUT2D eigenvalue weighted by Gasteiger charge is 2.67. The number of amides is 1. The van der Waals surface area contributed by atoms with E-state index < -0.39 is 81.1 Å². The van der Waals surface area contributed by atoms with Crippen LogP contribution in [0.15, 0.2) is 42.5 Å². The van der Waals surface area contributed by atoms with Gasteiger partial charge in [-0.25, -0.2) is 31.0 Å². The summed E-state index contributed by atoms with van der Waals surface area (Å²) < 4.78 is 117. The normalized spacial score (nSPS) is 19.1. The minimum absolute atomic E-state index is 0.0252. The van der Waals surface area contributed by atoms with E-state index in [2.05, 4.69) is 32.1 Å². The SMILES string of the molecule is Cn1nc(NS(C)(=O)=O)c2c(Cl)ccc(-c3ccc(C#CC4(CO)CC4)nc3[C@H](Cc3cc(F)cc(F)c3)NC(=O)Cn3nc(C(F)F)c4c3C(F)(F)[C@@H]3C[C@H]43)c21. The van der Waals surface area contributed by atoms with Crippen molar-refractivity contribution in [3.05, 3.63) is 93.0 Å². The van der Waals surface area contributed by atoms with Gasteiger partial charge in [-0.1, -0.05) is 23.6 Å². The molecule has 3 atom stereocenters. The largest absolute Gasteiger partial charge is 0.395 e. The van der Waals surface area contributed by atoms with Gasteiger partial charge in [0, 0.05) is 35.7 Å². The zero-order valence-electron chi connectivity index (χ0n) is 30.1. The summed E-state index contributed by atoms with van der Waals surface area (Å²) in [5.41, 5.74) is -1.12. The lowest BCUT2D eigenvalue weighted by molar-refractivity contribution is -0.123. The lowest BCUT2D eigenvalue weighted by Gasteiger charge is -2.23. The summed E-state index contributed by atoms with van der Waals surface area (Å²) in [6.45, 7) is -1.09. The third kappa shape index (κ3) is 7.21. The maximum absolute atomic E-state index is 15.4. The van der Waals surface area contributed by atoms with Crippen molar-refractivity contribution in [2.24, 2.45) is 18.4 Å². The van der Waals surface area contributed by atoms with Gasteiger partial charge in [0.1, 0.15) is 35.3 Å². The van der Waals surface area contributed by atoms with Crippen LogP contribution in [0, 0.1) is 34.8 Å². The minimum atomic E-state index is -3.82. The fourth-order valence-corrected chi connectivity index (χ4v) is 8.42. The van der Waals surface area contributed by atoms with Crippen LogP contribution in [0.3, 0.4) is 0 Å². The van der Waals surface area contributed by atoms with Crippen molar-refractivity contribution in [2.45, 2.75) is 56.5 Å². The summed E-state index contributed by atoms with van der Waals surface area (Å²) in [7, 11) is -2.28. The van der Waals surface area contributed by atoms with E-state index in [9.17, 15) is 35.9 Å². The van der Waals surface area contributed by atoms with Crippen molar-refractivity contribution in [2.75, 3.05) is 17.6 Å². The zero-order chi connectivity index (χ0) is 40.8. The van der Waals surface area contributed by atoms with E-state index in [1.165, 1.54) is 17.8 Å². The molecule has 5 aromatic rings. The van der Waals surface area contributed by atoms with Gasteiger partial charge < -0.3 is 10.4 Å². The second kappa shape index (κ2) is 13.8. The fourth-order valence-electron chi connectivity index (χ4n) is 7.68. The van der Waals surface area contributed by atoms with Gasteiger partial charge in [-0.3, -0.25) is 18.9 Å². The molecule has 3 N–H and O–H groups in total. The van der Waals surface area contributed by atoms with Crippen LogP contribution in [0.1, 0.15) is 71.6 Å². The molecule has 3 aliphatic carbocycles. The molecular weight excluding hydrogens is 800 g/mol.